The lowest BCUT2D eigenvalue weighted by atomic mass is 9.99. The molecule has 0 saturated heterocycles. The van der Waals surface area contributed by atoms with E-state index < -0.39 is 40.6 Å². The van der Waals surface area contributed by atoms with Gasteiger partial charge in [-0.15, -0.1) is 0 Å². The van der Waals surface area contributed by atoms with Gasteiger partial charge in [0.15, 0.2) is 0 Å². The lowest BCUT2D eigenvalue weighted by Gasteiger charge is -2.13. The van der Waals surface area contributed by atoms with Crippen molar-refractivity contribution in [1.82, 2.24) is 0 Å². The van der Waals surface area contributed by atoms with Crippen molar-refractivity contribution in [2.24, 2.45) is 0 Å². The molecule has 0 amide bonds. The molecule has 0 aromatic heterocycles. The molecule has 0 spiro atoms. The summed E-state index contributed by atoms with van der Waals surface area (Å²) in [6.07, 6.45) is -5.16. The maximum Gasteiger partial charge on any atom is 0.420 e. The van der Waals surface area contributed by atoms with Crippen LogP contribution < -0.4 is 0 Å². The number of benzene rings is 1. The van der Waals surface area contributed by atoms with Crippen LogP contribution in [0.3, 0.4) is 0 Å². The van der Waals surface area contributed by atoms with Crippen LogP contribution in [0.25, 0.3) is 0 Å². The largest absolute Gasteiger partial charge is 0.507 e. The predicted molar refractivity (Wildman–Crippen MR) is 47.0 cm³/mol. The first kappa shape index (κ1) is 12.8. The summed E-state index contributed by atoms with van der Waals surface area (Å²) in [5.74, 6) is -5.24. The zero-order chi connectivity index (χ0) is 13.4. The highest BCUT2D eigenvalue weighted by Gasteiger charge is 2.40. The van der Waals surface area contributed by atoms with E-state index in [2.05, 4.69) is 0 Å². The number of aromatic carboxylic acids is 2. The number of phenolic OH excluding ortho intramolecular Hbond substituents is 1. The topological polar surface area (TPSA) is 94.8 Å². The van der Waals surface area contributed by atoms with Gasteiger partial charge in [0.05, 0.1) is 11.1 Å². The Hall–Kier alpha value is -2.25. The molecule has 0 radical (unpaired) electrons. The van der Waals surface area contributed by atoms with Crippen LogP contribution >= 0.6 is 0 Å². The molecule has 1 aromatic carbocycles. The van der Waals surface area contributed by atoms with E-state index in [9.17, 15) is 22.8 Å². The number of halogens is 3. The molecular weight excluding hydrogens is 245 g/mol. The molecule has 0 heterocycles. The average Bonchev–Trinajstić information content (AvgIpc) is 2.14. The molecule has 0 aliphatic heterocycles. The first-order valence-electron chi connectivity index (χ1n) is 4.06. The number of carbonyl (C=O) groups is 2. The Morgan fingerprint density at radius 3 is 1.94 bits per heavy atom. The van der Waals surface area contributed by atoms with E-state index in [-0.39, 0.29) is 0 Å². The Morgan fingerprint density at radius 2 is 1.59 bits per heavy atom. The van der Waals surface area contributed by atoms with Crippen molar-refractivity contribution in [2.45, 2.75) is 6.18 Å². The van der Waals surface area contributed by atoms with Gasteiger partial charge >= 0.3 is 18.1 Å². The molecule has 0 fully saturated rings. The molecule has 3 N–H and O–H groups in total. The quantitative estimate of drug-likeness (QED) is 0.743. The number of hydrogen-bond donors (Lipinski definition) is 3. The van der Waals surface area contributed by atoms with Gasteiger partial charge in [0.2, 0.25) is 0 Å². The number of rotatable bonds is 2. The van der Waals surface area contributed by atoms with Gasteiger partial charge in [-0.1, -0.05) is 0 Å². The van der Waals surface area contributed by atoms with Crippen LogP contribution in [0.4, 0.5) is 13.2 Å². The van der Waals surface area contributed by atoms with Gasteiger partial charge in [0.25, 0.3) is 0 Å². The second kappa shape index (κ2) is 3.96. The summed E-state index contributed by atoms with van der Waals surface area (Å²) < 4.78 is 37.5. The number of aromatic hydroxyl groups is 1. The van der Waals surface area contributed by atoms with Gasteiger partial charge in [-0.3, -0.25) is 0 Å². The summed E-state index contributed by atoms with van der Waals surface area (Å²) in [6, 6.07) is 1.08. The van der Waals surface area contributed by atoms with Crippen molar-refractivity contribution in [3.63, 3.8) is 0 Å². The van der Waals surface area contributed by atoms with E-state index in [0.29, 0.717) is 12.1 Å². The summed E-state index contributed by atoms with van der Waals surface area (Å²) in [5, 5.41) is 26.2. The maximum atomic E-state index is 12.5. The molecule has 1 rings (SSSR count). The van der Waals surface area contributed by atoms with E-state index in [0.717, 1.165) is 0 Å². The van der Waals surface area contributed by atoms with Crippen LogP contribution in [0.5, 0.6) is 5.75 Å². The fourth-order valence-corrected chi connectivity index (χ4v) is 1.28. The third kappa shape index (κ3) is 2.30. The van der Waals surface area contributed by atoms with E-state index in [4.69, 9.17) is 15.3 Å². The first-order chi connectivity index (χ1) is 7.66. The smallest absolute Gasteiger partial charge is 0.420 e. The summed E-state index contributed by atoms with van der Waals surface area (Å²) >= 11 is 0. The molecule has 0 bridgehead atoms. The van der Waals surface area contributed by atoms with Crippen LogP contribution in [0, 0.1) is 0 Å². The molecule has 1 aromatic rings. The normalized spacial score (nSPS) is 11.2. The second-order valence-corrected chi connectivity index (χ2v) is 2.99. The van der Waals surface area contributed by atoms with Crippen LogP contribution in [-0.4, -0.2) is 27.3 Å². The van der Waals surface area contributed by atoms with Gasteiger partial charge < -0.3 is 15.3 Å². The Bertz CT molecular complexity index is 492. The summed E-state index contributed by atoms with van der Waals surface area (Å²) in [5.41, 5.74) is -4.39. The van der Waals surface area contributed by atoms with Crippen LogP contribution in [0.1, 0.15) is 26.3 Å². The summed E-state index contributed by atoms with van der Waals surface area (Å²) in [7, 11) is 0. The molecule has 0 atom stereocenters. The standard InChI is InChI=1S/C9H5F3O5/c10-9(11,12)6-4(13)2-1-3(7(14)15)5(6)8(16)17/h1-2,13H,(H,14,15)(H,16,17). The minimum absolute atomic E-state index is 0.485. The number of phenols is 1. The highest BCUT2D eigenvalue weighted by molar-refractivity contribution is 6.03. The minimum atomic E-state index is -5.16. The highest BCUT2D eigenvalue weighted by atomic mass is 19.4. The van der Waals surface area contributed by atoms with Crippen molar-refractivity contribution >= 4 is 11.9 Å². The van der Waals surface area contributed by atoms with Crippen LogP contribution in [-0.2, 0) is 6.18 Å². The number of carboxylic acids is 2. The van der Waals surface area contributed by atoms with Gasteiger partial charge in [0, 0.05) is 0 Å². The van der Waals surface area contributed by atoms with Crippen molar-refractivity contribution in [2.75, 3.05) is 0 Å². The molecule has 0 aliphatic rings. The molecule has 8 heteroatoms. The SMILES string of the molecule is O=C(O)c1ccc(O)c(C(F)(F)F)c1C(=O)O. The van der Waals surface area contributed by atoms with E-state index in [1.54, 1.807) is 0 Å². The molecule has 0 unspecified atom stereocenters. The molecule has 5 nitrogen and oxygen atoms in total. The molecular formula is C9H5F3O5. The fourth-order valence-electron chi connectivity index (χ4n) is 1.28. The maximum absolute atomic E-state index is 12.5. The van der Waals surface area contributed by atoms with Crippen molar-refractivity contribution in [3.05, 3.63) is 28.8 Å². The van der Waals surface area contributed by atoms with E-state index >= 15 is 0 Å². The van der Waals surface area contributed by atoms with Gasteiger partial charge in [0.1, 0.15) is 11.3 Å². The predicted octanol–water partition coefficient (Wildman–Crippen LogP) is 1.81. The highest BCUT2D eigenvalue weighted by Crippen LogP contribution is 2.39. The third-order valence-corrected chi connectivity index (χ3v) is 1.91. The minimum Gasteiger partial charge on any atom is -0.507 e. The zero-order valence-corrected chi connectivity index (χ0v) is 7.95. The molecule has 17 heavy (non-hydrogen) atoms. The number of hydrogen-bond acceptors (Lipinski definition) is 3. The molecule has 0 aliphatic carbocycles. The lowest BCUT2D eigenvalue weighted by molar-refractivity contribution is -0.139. The van der Waals surface area contributed by atoms with Crippen molar-refractivity contribution < 1.29 is 38.1 Å². The van der Waals surface area contributed by atoms with Gasteiger partial charge in [-0.25, -0.2) is 9.59 Å². The van der Waals surface area contributed by atoms with E-state index in [1.165, 1.54) is 0 Å². The number of alkyl halides is 3. The summed E-state index contributed by atoms with van der Waals surface area (Å²) in [6.45, 7) is 0. The monoisotopic (exact) mass is 250 g/mol. The Morgan fingerprint density at radius 1 is 1.06 bits per heavy atom. The van der Waals surface area contributed by atoms with Gasteiger partial charge in [-0.05, 0) is 12.1 Å². The fraction of sp³-hybridized carbons (Fsp3) is 0.111. The Balaban J connectivity index is 3.73. The van der Waals surface area contributed by atoms with E-state index in [1.807, 2.05) is 0 Å². The van der Waals surface area contributed by atoms with Crippen molar-refractivity contribution in [1.29, 1.82) is 0 Å². The molecule has 0 saturated carbocycles. The van der Waals surface area contributed by atoms with Gasteiger partial charge in [-0.2, -0.15) is 13.2 Å². The number of carboxylic acid groups (broad SMARTS) is 2. The average molecular weight is 250 g/mol. The lowest BCUT2D eigenvalue weighted by Crippen LogP contribution is -2.17. The second-order valence-electron chi connectivity index (χ2n) is 2.99. The van der Waals surface area contributed by atoms with Crippen LogP contribution in [0.2, 0.25) is 0 Å². The van der Waals surface area contributed by atoms with Crippen LogP contribution in [0.15, 0.2) is 12.1 Å². The third-order valence-electron chi connectivity index (χ3n) is 1.91. The Kier molecular flexibility index (Phi) is 2.99. The summed E-state index contributed by atoms with van der Waals surface area (Å²) in [4.78, 5) is 21.3. The first-order valence-corrected chi connectivity index (χ1v) is 4.06. The molecule has 92 valence electrons. The zero-order valence-electron chi connectivity index (χ0n) is 7.95. The van der Waals surface area contributed by atoms with Crippen molar-refractivity contribution in [3.8, 4) is 5.75 Å². The Labute approximate surface area is 91.7 Å².